The van der Waals surface area contributed by atoms with Crippen LogP contribution in [-0.2, 0) is 42.7 Å². The summed E-state index contributed by atoms with van der Waals surface area (Å²) in [6, 6.07) is 0. The third kappa shape index (κ3) is 6.24. The van der Waals surface area contributed by atoms with Crippen LogP contribution in [0.5, 0.6) is 0 Å². The zero-order valence-corrected chi connectivity index (χ0v) is 19.4. The Kier molecular flexibility index (Phi) is 7.45. The molecule has 0 aromatic rings. The summed E-state index contributed by atoms with van der Waals surface area (Å²) in [6.45, 7) is 11.7. The first kappa shape index (κ1) is 24.5. The fourth-order valence-electron chi connectivity index (χ4n) is 4.24. The lowest BCUT2D eigenvalue weighted by molar-refractivity contribution is -0.187. The van der Waals surface area contributed by atoms with Crippen LogP contribution < -0.4 is 0 Å². The molecule has 6 unspecified atom stereocenters. The molecule has 9 heteroatoms. The first-order valence-corrected chi connectivity index (χ1v) is 11.1. The van der Waals surface area contributed by atoms with Crippen LogP contribution in [0.15, 0.2) is 0 Å². The monoisotopic (exact) mass is 444 g/mol. The molecule has 178 valence electrons. The second-order valence-corrected chi connectivity index (χ2v) is 9.27. The molecule has 0 radical (unpaired) electrons. The van der Waals surface area contributed by atoms with E-state index in [4.69, 9.17) is 33.2 Å². The molecule has 0 saturated carbocycles. The summed E-state index contributed by atoms with van der Waals surface area (Å²) in [5.74, 6) is -2.74. The van der Waals surface area contributed by atoms with E-state index >= 15 is 0 Å². The number of ketones is 1. The first-order chi connectivity index (χ1) is 14.4. The van der Waals surface area contributed by atoms with Gasteiger partial charge in [0.2, 0.25) is 0 Å². The Morgan fingerprint density at radius 3 is 1.77 bits per heavy atom. The van der Waals surface area contributed by atoms with E-state index in [-0.39, 0.29) is 30.4 Å². The third-order valence-electron chi connectivity index (χ3n) is 5.82. The maximum Gasteiger partial charge on any atom is 0.305 e. The van der Waals surface area contributed by atoms with Crippen molar-refractivity contribution < 1.29 is 42.7 Å². The fraction of sp³-hybridized carbons (Fsp3) is 0.909. The maximum atomic E-state index is 11.7. The van der Waals surface area contributed by atoms with Crippen molar-refractivity contribution in [3.8, 4) is 0 Å². The number of carbonyl (C=O) groups is 2. The Morgan fingerprint density at radius 1 is 0.839 bits per heavy atom. The number of hydrogen-bond donors (Lipinski definition) is 0. The molecule has 9 nitrogen and oxygen atoms in total. The van der Waals surface area contributed by atoms with Crippen LogP contribution in [0, 0.1) is 0 Å². The first-order valence-electron chi connectivity index (χ1n) is 11.1. The van der Waals surface area contributed by atoms with Gasteiger partial charge in [-0.15, -0.1) is 0 Å². The lowest BCUT2D eigenvalue weighted by atomic mass is 10.0. The van der Waals surface area contributed by atoms with Crippen molar-refractivity contribution in [2.75, 3.05) is 19.8 Å². The van der Waals surface area contributed by atoms with E-state index in [1.807, 2.05) is 27.7 Å². The van der Waals surface area contributed by atoms with Crippen molar-refractivity contribution in [1.29, 1.82) is 0 Å². The number of carbonyl (C=O) groups excluding carboxylic acids is 2. The topological polar surface area (TPSA) is 98.8 Å². The van der Waals surface area contributed by atoms with Crippen molar-refractivity contribution >= 4 is 11.8 Å². The van der Waals surface area contributed by atoms with Crippen LogP contribution in [-0.4, -0.2) is 73.4 Å². The Labute approximate surface area is 184 Å². The molecule has 31 heavy (non-hydrogen) atoms. The van der Waals surface area contributed by atoms with E-state index in [1.54, 1.807) is 13.8 Å². The number of ether oxygens (including phenoxy) is 7. The van der Waals surface area contributed by atoms with Crippen LogP contribution in [0.1, 0.15) is 67.2 Å². The van der Waals surface area contributed by atoms with Crippen LogP contribution in [0.25, 0.3) is 0 Å². The molecular formula is C22H36O9. The molecule has 0 aromatic carbocycles. The van der Waals surface area contributed by atoms with E-state index < -0.39 is 29.6 Å². The molecule has 3 aliphatic heterocycles. The minimum absolute atomic E-state index is 0.0925. The Bertz CT molecular complexity index is 665. The van der Waals surface area contributed by atoms with Gasteiger partial charge in [0.15, 0.2) is 17.4 Å². The van der Waals surface area contributed by atoms with Crippen molar-refractivity contribution in [1.82, 2.24) is 0 Å². The molecular weight excluding hydrogens is 408 g/mol. The predicted octanol–water partition coefficient (Wildman–Crippen LogP) is 2.48. The highest BCUT2D eigenvalue weighted by molar-refractivity contribution is 5.75. The van der Waals surface area contributed by atoms with Gasteiger partial charge in [0.05, 0.1) is 26.2 Å². The van der Waals surface area contributed by atoms with Gasteiger partial charge in [-0.05, 0) is 41.5 Å². The average Bonchev–Trinajstić information content (AvgIpc) is 3.35. The van der Waals surface area contributed by atoms with Gasteiger partial charge in [-0.2, -0.15) is 0 Å². The molecule has 0 bridgehead atoms. The van der Waals surface area contributed by atoms with Gasteiger partial charge in [0.1, 0.15) is 30.2 Å². The molecule has 3 aliphatic rings. The molecule has 6 atom stereocenters. The van der Waals surface area contributed by atoms with Gasteiger partial charge in [-0.1, -0.05) is 0 Å². The molecule has 3 fully saturated rings. The fourth-order valence-corrected chi connectivity index (χ4v) is 4.24. The Hall–Kier alpha value is -1.10. The van der Waals surface area contributed by atoms with Gasteiger partial charge in [0, 0.05) is 19.3 Å². The van der Waals surface area contributed by atoms with Crippen molar-refractivity contribution in [2.24, 2.45) is 0 Å². The number of esters is 1. The highest BCUT2D eigenvalue weighted by Gasteiger charge is 2.55. The van der Waals surface area contributed by atoms with E-state index in [1.165, 1.54) is 0 Å². The highest BCUT2D eigenvalue weighted by atomic mass is 16.8. The van der Waals surface area contributed by atoms with Crippen molar-refractivity contribution in [3.63, 3.8) is 0 Å². The summed E-state index contributed by atoms with van der Waals surface area (Å²) in [4.78, 5) is 23.1. The minimum Gasteiger partial charge on any atom is -0.466 e. The van der Waals surface area contributed by atoms with E-state index in [9.17, 15) is 9.59 Å². The molecule has 0 N–H and O–H groups in total. The molecule has 0 aliphatic carbocycles. The highest BCUT2D eigenvalue weighted by Crippen LogP contribution is 2.41. The summed E-state index contributed by atoms with van der Waals surface area (Å²) >= 11 is 0. The lowest BCUT2D eigenvalue weighted by Gasteiger charge is -2.28. The molecule has 0 aromatic heterocycles. The number of Topliss-reactive ketones (excluding diaryl/α,β-unsaturated/α-hetero) is 1. The van der Waals surface area contributed by atoms with Gasteiger partial charge in [-0.3, -0.25) is 4.79 Å². The standard InChI is InChI=1S/C22H36O9/c1-7-25-17(24)9-11-22(6)27-13-16(29-22)19-18(30-20(3,4)31-19)15-12-26-21(5,28-15)10-8-14(2)23/h15-16,18-19H,7-13H2,1-6H3. The van der Waals surface area contributed by atoms with Gasteiger partial charge < -0.3 is 38.0 Å². The second kappa shape index (κ2) is 9.41. The van der Waals surface area contributed by atoms with Crippen LogP contribution in [0.2, 0.25) is 0 Å². The SMILES string of the molecule is CCOC(=O)CCC1(C)OCC(C2OC(C)(C)OC2C2COC(C)(CCC(C)=O)O2)O1. The van der Waals surface area contributed by atoms with E-state index in [0.29, 0.717) is 39.1 Å². The van der Waals surface area contributed by atoms with Gasteiger partial charge in [0.25, 0.3) is 0 Å². The summed E-state index contributed by atoms with van der Waals surface area (Å²) in [7, 11) is 0. The van der Waals surface area contributed by atoms with Crippen molar-refractivity contribution in [2.45, 2.75) is 109 Å². The normalized spacial score (nSPS) is 39.7. The molecule has 3 saturated heterocycles. The van der Waals surface area contributed by atoms with Crippen LogP contribution >= 0.6 is 0 Å². The summed E-state index contributed by atoms with van der Waals surface area (Å²) in [5.41, 5.74) is 0. The van der Waals surface area contributed by atoms with Gasteiger partial charge >= 0.3 is 5.97 Å². The zero-order valence-electron chi connectivity index (χ0n) is 19.4. The maximum absolute atomic E-state index is 11.7. The third-order valence-corrected chi connectivity index (χ3v) is 5.82. The van der Waals surface area contributed by atoms with Crippen LogP contribution in [0.4, 0.5) is 0 Å². The smallest absolute Gasteiger partial charge is 0.305 e. The van der Waals surface area contributed by atoms with E-state index in [0.717, 1.165) is 0 Å². The molecule has 3 rings (SSSR count). The summed E-state index contributed by atoms with van der Waals surface area (Å²) < 4.78 is 41.5. The second-order valence-electron chi connectivity index (χ2n) is 9.27. The molecule has 0 spiro atoms. The summed E-state index contributed by atoms with van der Waals surface area (Å²) in [5, 5.41) is 0. The lowest BCUT2D eigenvalue weighted by Crippen LogP contribution is -2.45. The Morgan fingerprint density at radius 2 is 1.32 bits per heavy atom. The molecule has 3 heterocycles. The summed E-state index contributed by atoms with van der Waals surface area (Å²) in [6.07, 6.45) is -0.129. The quantitative estimate of drug-likeness (QED) is 0.497. The average molecular weight is 445 g/mol. The Balaban J connectivity index is 1.62. The predicted molar refractivity (Wildman–Crippen MR) is 108 cm³/mol. The zero-order chi connectivity index (χ0) is 22.9. The van der Waals surface area contributed by atoms with Crippen molar-refractivity contribution in [3.05, 3.63) is 0 Å². The van der Waals surface area contributed by atoms with E-state index in [2.05, 4.69) is 0 Å². The van der Waals surface area contributed by atoms with Gasteiger partial charge in [-0.25, -0.2) is 0 Å². The minimum atomic E-state index is -0.902. The number of rotatable bonds is 9. The largest absolute Gasteiger partial charge is 0.466 e. The van der Waals surface area contributed by atoms with Crippen LogP contribution in [0.3, 0.4) is 0 Å². The number of hydrogen-bond acceptors (Lipinski definition) is 9. The molecule has 0 amide bonds.